The number of aryl methyl sites for hydroxylation is 1. The lowest BCUT2D eigenvalue weighted by molar-refractivity contribution is -0.0790. The van der Waals surface area contributed by atoms with Crippen LogP contribution in [-0.2, 0) is 6.42 Å². The predicted octanol–water partition coefficient (Wildman–Crippen LogP) is 7.72. The van der Waals surface area contributed by atoms with Crippen molar-refractivity contribution < 1.29 is 22.0 Å². The summed E-state index contributed by atoms with van der Waals surface area (Å²) < 4.78 is 64.7. The lowest BCUT2D eigenvalue weighted by Crippen LogP contribution is -2.01. The zero-order valence-electron chi connectivity index (χ0n) is 15.3. The van der Waals surface area contributed by atoms with E-state index in [1.807, 2.05) is 12.1 Å². The van der Waals surface area contributed by atoms with E-state index in [0.717, 1.165) is 30.5 Å². The molecule has 0 spiro atoms. The normalized spacial score (nSPS) is 12.1. The maximum atomic E-state index is 14.1. The van der Waals surface area contributed by atoms with E-state index in [2.05, 4.69) is 6.92 Å². The molecule has 0 atom stereocenters. The number of alkyl halides is 3. The molecule has 0 amide bonds. The minimum absolute atomic E-state index is 0.177. The molecule has 0 nitrogen and oxygen atoms in total. The Labute approximate surface area is 156 Å². The van der Waals surface area contributed by atoms with E-state index < -0.39 is 23.4 Å². The van der Waals surface area contributed by atoms with Gasteiger partial charge in [-0.15, -0.1) is 0 Å². The molecule has 0 N–H and O–H groups in total. The van der Waals surface area contributed by atoms with Gasteiger partial charge in [-0.05, 0) is 47.7 Å². The first kappa shape index (κ1) is 21.1. The third-order valence-corrected chi connectivity index (χ3v) is 4.37. The van der Waals surface area contributed by atoms with Crippen LogP contribution in [0.4, 0.5) is 22.0 Å². The molecule has 0 saturated heterocycles. The molecular formula is C22H23F5. The maximum Gasteiger partial charge on any atom is 0.409 e. The van der Waals surface area contributed by atoms with Crippen LogP contribution < -0.4 is 0 Å². The topological polar surface area (TPSA) is 0 Å². The molecule has 0 aliphatic carbocycles. The average molecular weight is 382 g/mol. The quantitative estimate of drug-likeness (QED) is 0.324. The van der Waals surface area contributed by atoms with Crippen LogP contribution in [0.25, 0.3) is 17.2 Å². The second-order valence-corrected chi connectivity index (χ2v) is 6.59. The van der Waals surface area contributed by atoms with Gasteiger partial charge in [-0.1, -0.05) is 56.9 Å². The predicted molar refractivity (Wildman–Crippen MR) is 99.3 cm³/mol. The largest absolute Gasteiger partial charge is 0.409 e. The molecule has 0 bridgehead atoms. The van der Waals surface area contributed by atoms with Gasteiger partial charge in [-0.2, -0.15) is 13.2 Å². The Kier molecular flexibility index (Phi) is 7.57. The zero-order valence-corrected chi connectivity index (χ0v) is 15.3. The van der Waals surface area contributed by atoms with Gasteiger partial charge in [-0.25, -0.2) is 8.78 Å². The number of benzene rings is 2. The molecule has 0 fully saturated rings. The second-order valence-electron chi connectivity index (χ2n) is 6.59. The van der Waals surface area contributed by atoms with Gasteiger partial charge in [0.05, 0.1) is 0 Å². The Bertz CT molecular complexity index is 734. The molecule has 2 aromatic rings. The molecule has 0 unspecified atom stereocenters. The number of hydrogen-bond acceptors (Lipinski definition) is 0. The smallest absolute Gasteiger partial charge is 0.206 e. The standard InChI is InChI=1S/C22H23F5/c1-2-3-4-5-6-7-16-8-10-17(11-9-16)18-14-20(23)19(21(24)15-18)12-13-22(25,26)27/h8-15H,2-7H2,1H3. The monoisotopic (exact) mass is 382 g/mol. The Hall–Kier alpha value is -2.17. The second kappa shape index (κ2) is 9.67. The van der Waals surface area contributed by atoms with Gasteiger partial charge < -0.3 is 0 Å². The van der Waals surface area contributed by atoms with Gasteiger partial charge in [0, 0.05) is 11.6 Å². The highest BCUT2D eigenvalue weighted by Gasteiger charge is 2.22. The van der Waals surface area contributed by atoms with Gasteiger partial charge in [0.25, 0.3) is 0 Å². The lowest BCUT2D eigenvalue weighted by atomic mass is 9.99. The summed E-state index contributed by atoms with van der Waals surface area (Å²) in [5, 5.41) is 0. The Morgan fingerprint density at radius 3 is 1.96 bits per heavy atom. The highest BCUT2D eigenvalue weighted by atomic mass is 19.4. The van der Waals surface area contributed by atoms with Crippen molar-refractivity contribution in [2.75, 3.05) is 0 Å². The fourth-order valence-corrected chi connectivity index (χ4v) is 2.88. The van der Waals surface area contributed by atoms with E-state index >= 15 is 0 Å². The minimum Gasteiger partial charge on any atom is -0.206 e. The number of rotatable bonds is 8. The van der Waals surface area contributed by atoms with Crippen LogP contribution in [0.15, 0.2) is 42.5 Å². The van der Waals surface area contributed by atoms with Crippen LogP contribution in [0.3, 0.4) is 0 Å². The summed E-state index contributed by atoms with van der Waals surface area (Å²) >= 11 is 0. The van der Waals surface area contributed by atoms with Gasteiger partial charge >= 0.3 is 6.18 Å². The molecular weight excluding hydrogens is 359 g/mol. The van der Waals surface area contributed by atoms with Crippen molar-refractivity contribution in [3.8, 4) is 11.1 Å². The van der Waals surface area contributed by atoms with Crippen LogP contribution in [0.5, 0.6) is 0 Å². The number of unbranched alkanes of at least 4 members (excludes halogenated alkanes) is 4. The van der Waals surface area contributed by atoms with Gasteiger partial charge in [0.1, 0.15) is 11.6 Å². The van der Waals surface area contributed by atoms with E-state index in [9.17, 15) is 22.0 Å². The number of hydrogen-bond donors (Lipinski definition) is 0. The molecule has 0 heterocycles. The van der Waals surface area contributed by atoms with E-state index in [0.29, 0.717) is 17.2 Å². The zero-order chi connectivity index (χ0) is 19.9. The van der Waals surface area contributed by atoms with Crippen molar-refractivity contribution in [3.05, 3.63) is 65.2 Å². The molecule has 146 valence electrons. The molecule has 0 aromatic heterocycles. The third-order valence-electron chi connectivity index (χ3n) is 4.37. The van der Waals surface area contributed by atoms with Crippen LogP contribution in [0.1, 0.15) is 50.2 Å². The summed E-state index contributed by atoms with van der Waals surface area (Å²) in [5.74, 6) is -2.05. The molecule has 2 aromatic carbocycles. The van der Waals surface area contributed by atoms with Gasteiger partial charge in [0.2, 0.25) is 0 Å². The Morgan fingerprint density at radius 2 is 1.41 bits per heavy atom. The van der Waals surface area contributed by atoms with E-state index in [-0.39, 0.29) is 6.08 Å². The van der Waals surface area contributed by atoms with E-state index in [1.165, 1.54) is 25.7 Å². The van der Waals surface area contributed by atoms with Crippen molar-refractivity contribution in [1.82, 2.24) is 0 Å². The summed E-state index contributed by atoms with van der Waals surface area (Å²) in [4.78, 5) is 0. The first-order chi connectivity index (χ1) is 12.8. The summed E-state index contributed by atoms with van der Waals surface area (Å²) in [6.07, 6.45) is 2.51. The van der Waals surface area contributed by atoms with Crippen LogP contribution in [0, 0.1) is 11.6 Å². The highest BCUT2D eigenvalue weighted by Crippen LogP contribution is 2.27. The Morgan fingerprint density at radius 1 is 0.815 bits per heavy atom. The summed E-state index contributed by atoms with van der Waals surface area (Å²) in [5.41, 5.74) is 1.37. The Balaban J connectivity index is 2.09. The first-order valence-corrected chi connectivity index (χ1v) is 9.14. The number of allylic oxidation sites excluding steroid dienone is 1. The summed E-state index contributed by atoms with van der Waals surface area (Å²) in [7, 11) is 0. The van der Waals surface area contributed by atoms with Crippen molar-refractivity contribution in [3.63, 3.8) is 0 Å². The fraction of sp³-hybridized carbons (Fsp3) is 0.364. The highest BCUT2D eigenvalue weighted by molar-refractivity contribution is 5.67. The fourth-order valence-electron chi connectivity index (χ4n) is 2.88. The van der Waals surface area contributed by atoms with Crippen LogP contribution in [0.2, 0.25) is 0 Å². The van der Waals surface area contributed by atoms with Gasteiger partial charge in [-0.3, -0.25) is 0 Å². The molecule has 0 radical (unpaired) electrons. The number of halogens is 5. The first-order valence-electron chi connectivity index (χ1n) is 9.14. The molecule has 5 heteroatoms. The molecule has 0 aliphatic rings. The maximum absolute atomic E-state index is 14.1. The molecule has 27 heavy (non-hydrogen) atoms. The van der Waals surface area contributed by atoms with Crippen molar-refractivity contribution in [1.29, 1.82) is 0 Å². The van der Waals surface area contributed by atoms with E-state index in [1.54, 1.807) is 12.1 Å². The summed E-state index contributed by atoms with van der Waals surface area (Å²) in [6, 6.07) is 9.50. The molecule has 0 aliphatic heterocycles. The summed E-state index contributed by atoms with van der Waals surface area (Å²) in [6.45, 7) is 2.17. The van der Waals surface area contributed by atoms with Crippen LogP contribution in [-0.4, -0.2) is 6.18 Å². The molecule has 2 rings (SSSR count). The SMILES string of the molecule is CCCCCCCc1ccc(-c2cc(F)c(C=CC(F)(F)F)c(F)c2)cc1. The van der Waals surface area contributed by atoms with Crippen molar-refractivity contribution in [2.24, 2.45) is 0 Å². The van der Waals surface area contributed by atoms with Crippen molar-refractivity contribution in [2.45, 2.75) is 51.6 Å². The molecule has 0 saturated carbocycles. The van der Waals surface area contributed by atoms with Crippen molar-refractivity contribution >= 4 is 6.08 Å². The van der Waals surface area contributed by atoms with Crippen LogP contribution >= 0.6 is 0 Å². The lowest BCUT2D eigenvalue weighted by Gasteiger charge is -2.08. The average Bonchev–Trinajstić information content (AvgIpc) is 2.60. The minimum atomic E-state index is -4.62. The van der Waals surface area contributed by atoms with E-state index in [4.69, 9.17) is 0 Å². The van der Waals surface area contributed by atoms with Gasteiger partial charge in [0.15, 0.2) is 0 Å². The third kappa shape index (κ3) is 6.81.